The van der Waals surface area contributed by atoms with Crippen LogP contribution in [0.3, 0.4) is 0 Å². The van der Waals surface area contributed by atoms with E-state index in [-0.39, 0.29) is 55.3 Å². The van der Waals surface area contributed by atoms with Gasteiger partial charge in [-0.15, -0.1) is 47.5 Å². The van der Waals surface area contributed by atoms with Gasteiger partial charge in [-0.05, 0) is 12.1 Å². The number of halogens is 3. The van der Waals surface area contributed by atoms with Crippen LogP contribution in [0.2, 0.25) is 4.34 Å². The highest BCUT2D eigenvalue weighted by atomic mass is 35.5. The van der Waals surface area contributed by atoms with Gasteiger partial charge in [-0.25, -0.2) is 4.98 Å². The molecular formula is C18H24Cl3N5O3S2. The molecule has 13 heteroatoms. The number of thiophene rings is 1. The monoisotopic (exact) mass is 527 g/mol. The molecule has 0 aromatic carbocycles. The minimum atomic E-state index is -0.195. The van der Waals surface area contributed by atoms with E-state index < -0.39 is 0 Å². The molecule has 8 nitrogen and oxygen atoms in total. The van der Waals surface area contributed by atoms with E-state index in [9.17, 15) is 9.59 Å². The van der Waals surface area contributed by atoms with Gasteiger partial charge < -0.3 is 20.7 Å². The van der Waals surface area contributed by atoms with Crippen LogP contribution in [0.4, 0.5) is 5.13 Å². The van der Waals surface area contributed by atoms with E-state index in [1.807, 2.05) is 4.90 Å². The van der Waals surface area contributed by atoms with Crippen LogP contribution in [0, 0.1) is 0 Å². The number of hydrogen-bond acceptors (Lipinski definition) is 8. The van der Waals surface area contributed by atoms with E-state index in [0.717, 1.165) is 25.2 Å². The third kappa shape index (κ3) is 6.52. The smallest absolute Gasteiger partial charge is 0.261 e. The summed E-state index contributed by atoms with van der Waals surface area (Å²) < 4.78 is 6.09. The average Bonchev–Trinajstić information content (AvgIpc) is 3.39. The SMILES string of the molecule is CO[C@H]1CN(CC(=O)Nc2nc3c(s2)CNCC3)C[C@@H]1NC(=O)c1ccc(Cl)s1.Cl.Cl. The first-order valence-electron chi connectivity index (χ1n) is 9.32. The Morgan fingerprint density at radius 1 is 1.32 bits per heavy atom. The number of fused-ring (bicyclic) bond motifs is 1. The number of thiazole rings is 1. The Morgan fingerprint density at radius 2 is 2.13 bits per heavy atom. The third-order valence-electron chi connectivity index (χ3n) is 4.97. The molecule has 2 atom stereocenters. The van der Waals surface area contributed by atoms with E-state index in [1.165, 1.54) is 27.6 Å². The van der Waals surface area contributed by atoms with Crippen LogP contribution >= 0.6 is 59.1 Å². The van der Waals surface area contributed by atoms with Crippen molar-refractivity contribution in [1.29, 1.82) is 0 Å². The fourth-order valence-corrected chi connectivity index (χ4v) is 5.52. The number of carbonyl (C=O) groups excluding carboxylic acids is 2. The van der Waals surface area contributed by atoms with Crippen molar-refractivity contribution in [3.8, 4) is 0 Å². The standard InChI is InChI=1S/C18H22ClN5O3S2.2ClH/c1-27-12-8-24(7-11(12)21-17(26)13-2-3-15(19)28-13)9-16(25)23-18-22-10-4-5-20-6-14(10)29-18;;/h2-3,11-12,20H,4-9H2,1H3,(H,21,26)(H,22,23,25);2*1H/t11-,12-;;/m0../s1. The normalized spacial score (nSPS) is 20.3. The number of carbonyl (C=O) groups is 2. The van der Waals surface area contributed by atoms with Crippen molar-refractivity contribution in [2.75, 3.05) is 38.6 Å². The Balaban J connectivity index is 0.00000171. The van der Waals surface area contributed by atoms with E-state index in [1.54, 1.807) is 19.2 Å². The highest BCUT2D eigenvalue weighted by Crippen LogP contribution is 2.25. The summed E-state index contributed by atoms with van der Waals surface area (Å²) in [5, 5.41) is 9.84. The molecule has 2 aliphatic rings. The zero-order valence-corrected chi connectivity index (χ0v) is 20.7. The summed E-state index contributed by atoms with van der Waals surface area (Å²) in [6.45, 7) is 3.05. The number of amides is 2. The molecular weight excluding hydrogens is 505 g/mol. The molecule has 4 rings (SSSR count). The van der Waals surface area contributed by atoms with Gasteiger partial charge in [0.2, 0.25) is 5.91 Å². The Bertz CT molecular complexity index is 886. The second kappa shape index (κ2) is 11.8. The molecule has 0 bridgehead atoms. The molecule has 0 unspecified atom stereocenters. The first-order chi connectivity index (χ1) is 14.0. The Labute approximate surface area is 205 Å². The highest BCUT2D eigenvalue weighted by Gasteiger charge is 2.35. The van der Waals surface area contributed by atoms with Gasteiger partial charge in [-0.2, -0.15) is 0 Å². The molecule has 2 aliphatic heterocycles. The second-order valence-electron chi connectivity index (χ2n) is 7.02. The van der Waals surface area contributed by atoms with Crippen molar-refractivity contribution in [1.82, 2.24) is 20.5 Å². The summed E-state index contributed by atoms with van der Waals surface area (Å²) in [4.78, 5) is 33.1. The van der Waals surface area contributed by atoms with Gasteiger partial charge in [0, 0.05) is 44.6 Å². The quantitative estimate of drug-likeness (QED) is 0.533. The van der Waals surface area contributed by atoms with E-state index in [2.05, 4.69) is 20.9 Å². The molecule has 2 amide bonds. The maximum atomic E-state index is 12.5. The molecule has 2 aromatic rings. The van der Waals surface area contributed by atoms with Crippen molar-refractivity contribution in [2.45, 2.75) is 25.1 Å². The lowest BCUT2D eigenvalue weighted by Gasteiger charge is -2.17. The molecule has 0 saturated carbocycles. The summed E-state index contributed by atoms with van der Waals surface area (Å²) in [5.41, 5.74) is 1.07. The predicted octanol–water partition coefficient (Wildman–Crippen LogP) is 2.42. The molecule has 0 spiro atoms. The molecule has 31 heavy (non-hydrogen) atoms. The van der Waals surface area contributed by atoms with Crippen LogP contribution in [0.25, 0.3) is 0 Å². The number of rotatable bonds is 6. The van der Waals surface area contributed by atoms with Crippen molar-refractivity contribution in [3.05, 3.63) is 31.9 Å². The van der Waals surface area contributed by atoms with Crippen molar-refractivity contribution < 1.29 is 14.3 Å². The zero-order chi connectivity index (χ0) is 20.4. The molecule has 1 saturated heterocycles. The lowest BCUT2D eigenvalue weighted by Crippen LogP contribution is -2.43. The Hall–Kier alpha value is -0.980. The molecule has 1 fully saturated rings. The minimum Gasteiger partial charge on any atom is -0.378 e. The lowest BCUT2D eigenvalue weighted by atomic mass is 10.2. The number of methoxy groups -OCH3 is 1. The third-order valence-corrected chi connectivity index (χ3v) is 7.22. The van der Waals surface area contributed by atoms with E-state index in [0.29, 0.717) is 27.4 Å². The van der Waals surface area contributed by atoms with Gasteiger partial charge in [0.25, 0.3) is 5.91 Å². The first-order valence-corrected chi connectivity index (χ1v) is 11.3. The topological polar surface area (TPSA) is 95.6 Å². The number of likely N-dealkylation sites (tertiary alicyclic amines) is 1. The number of ether oxygens (including phenoxy) is 1. The average molecular weight is 529 g/mol. The zero-order valence-electron chi connectivity index (χ0n) is 16.7. The molecule has 0 radical (unpaired) electrons. The largest absolute Gasteiger partial charge is 0.378 e. The highest BCUT2D eigenvalue weighted by molar-refractivity contribution is 7.18. The van der Waals surface area contributed by atoms with E-state index >= 15 is 0 Å². The van der Waals surface area contributed by atoms with Crippen LogP contribution in [0.15, 0.2) is 12.1 Å². The van der Waals surface area contributed by atoms with Crippen LogP contribution in [-0.4, -0.2) is 67.1 Å². The van der Waals surface area contributed by atoms with Crippen molar-refractivity contribution >= 4 is 76.0 Å². The molecule has 4 heterocycles. The van der Waals surface area contributed by atoms with Gasteiger partial charge in [-0.1, -0.05) is 11.6 Å². The fourth-order valence-electron chi connectivity index (χ4n) is 3.58. The van der Waals surface area contributed by atoms with Crippen LogP contribution < -0.4 is 16.0 Å². The van der Waals surface area contributed by atoms with Crippen molar-refractivity contribution in [2.24, 2.45) is 0 Å². The fraction of sp³-hybridized carbons (Fsp3) is 0.500. The number of aromatic nitrogens is 1. The summed E-state index contributed by atoms with van der Waals surface area (Å²) in [6.07, 6.45) is 0.709. The number of nitrogens with zero attached hydrogens (tertiary/aromatic N) is 2. The van der Waals surface area contributed by atoms with Gasteiger partial charge in [0.1, 0.15) is 0 Å². The second-order valence-corrected chi connectivity index (χ2v) is 9.81. The van der Waals surface area contributed by atoms with E-state index in [4.69, 9.17) is 16.3 Å². The van der Waals surface area contributed by atoms with Crippen LogP contribution in [0.1, 0.15) is 20.2 Å². The number of hydrogen-bond donors (Lipinski definition) is 3. The minimum absolute atomic E-state index is 0. The summed E-state index contributed by atoms with van der Waals surface area (Å²) >= 11 is 8.67. The number of nitrogens with one attached hydrogen (secondary N) is 3. The van der Waals surface area contributed by atoms with Crippen LogP contribution in [-0.2, 0) is 22.5 Å². The molecule has 0 aliphatic carbocycles. The lowest BCUT2D eigenvalue weighted by molar-refractivity contribution is -0.117. The van der Waals surface area contributed by atoms with Gasteiger partial charge in [0.05, 0.1) is 33.6 Å². The molecule has 172 valence electrons. The van der Waals surface area contributed by atoms with Gasteiger partial charge >= 0.3 is 0 Å². The summed E-state index contributed by atoms with van der Waals surface area (Å²) in [7, 11) is 1.61. The van der Waals surface area contributed by atoms with Crippen LogP contribution in [0.5, 0.6) is 0 Å². The number of anilines is 1. The Kier molecular flexibility index (Phi) is 9.97. The maximum Gasteiger partial charge on any atom is 0.261 e. The van der Waals surface area contributed by atoms with Crippen molar-refractivity contribution in [3.63, 3.8) is 0 Å². The summed E-state index contributed by atoms with van der Waals surface area (Å²) in [6, 6.07) is 3.21. The Morgan fingerprint density at radius 3 is 2.81 bits per heavy atom. The van der Waals surface area contributed by atoms with Gasteiger partial charge in [-0.3, -0.25) is 14.5 Å². The predicted molar refractivity (Wildman–Crippen MR) is 128 cm³/mol. The maximum absolute atomic E-state index is 12.5. The first kappa shape index (κ1) is 26.3. The molecule has 3 N–H and O–H groups in total. The molecule has 2 aromatic heterocycles. The summed E-state index contributed by atoms with van der Waals surface area (Å²) in [5.74, 6) is -0.293. The van der Waals surface area contributed by atoms with Gasteiger partial charge in [0.15, 0.2) is 5.13 Å².